The lowest BCUT2D eigenvalue weighted by Crippen LogP contribution is -1.97. The van der Waals surface area contributed by atoms with E-state index in [1.165, 1.54) is 5.69 Å². The molecule has 0 aliphatic carbocycles. The third-order valence-electron chi connectivity index (χ3n) is 3.08. The maximum atomic E-state index is 4.68. The lowest BCUT2D eigenvalue weighted by Gasteiger charge is -2.08. The predicted octanol–water partition coefficient (Wildman–Crippen LogP) is 4.28. The SMILES string of the molecule is CC(C)c1c(-c2ccccc2)nc2ncc(Br)cn12. The van der Waals surface area contributed by atoms with Crippen LogP contribution in [0, 0.1) is 0 Å². The largest absolute Gasteiger partial charge is 0.286 e. The highest BCUT2D eigenvalue weighted by Gasteiger charge is 2.17. The molecule has 0 aliphatic heterocycles. The van der Waals surface area contributed by atoms with Gasteiger partial charge in [-0.15, -0.1) is 0 Å². The zero-order valence-corrected chi connectivity index (χ0v) is 12.4. The van der Waals surface area contributed by atoms with Gasteiger partial charge in [-0.05, 0) is 21.8 Å². The van der Waals surface area contributed by atoms with Crippen LogP contribution in [0.2, 0.25) is 0 Å². The Morgan fingerprint density at radius 3 is 2.58 bits per heavy atom. The second-order valence-electron chi connectivity index (χ2n) is 4.81. The molecule has 0 atom stereocenters. The molecule has 0 N–H and O–H groups in total. The number of hydrogen-bond donors (Lipinski definition) is 0. The Morgan fingerprint density at radius 1 is 1.16 bits per heavy atom. The molecule has 0 unspecified atom stereocenters. The summed E-state index contributed by atoms with van der Waals surface area (Å²) in [4.78, 5) is 9.05. The summed E-state index contributed by atoms with van der Waals surface area (Å²) in [6.07, 6.45) is 3.80. The first-order valence-corrected chi connectivity index (χ1v) is 7.05. The van der Waals surface area contributed by atoms with Gasteiger partial charge in [0.2, 0.25) is 5.78 Å². The van der Waals surface area contributed by atoms with Crippen LogP contribution in [0.5, 0.6) is 0 Å². The van der Waals surface area contributed by atoms with Crippen LogP contribution in [-0.4, -0.2) is 14.4 Å². The van der Waals surface area contributed by atoms with E-state index in [2.05, 4.69) is 56.3 Å². The van der Waals surface area contributed by atoms with Gasteiger partial charge in [-0.2, -0.15) is 0 Å². The maximum Gasteiger partial charge on any atom is 0.234 e. The van der Waals surface area contributed by atoms with E-state index in [9.17, 15) is 0 Å². The predicted molar refractivity (Wildman–Crippen MR) is 80.2 cm³/mol. The van der Waals surface area contributed by atoms with Crippen molar-refractivity contribution < 1.29 is 0 Å². The third kappa shape index (κ3) is 2.16. The fourth-order valence-electron chi connectivity index (χ4n) is 2.29. The van der Waals surface area contributed by atoms with E-state index in [1.54, 1.807) is 6.20 Å². The van der Waals surface area contributed by atoms with Gasteiger partial charge in [0.05, 0.1) is 15.9 Å². The Morgan fingerprint density at radius 2 is 1.89 bits per heavy atom. The molecule has 0 radical (unpaired) electrons. The molecule has 3 rings (SSSR count). The van der Waals surface area contributed by atoms with Crippen LogP contribution in [0.4, 0.5) is 0 Å². The van der Waals surface area contributed by atoms with Gasteiger partial charge in [0.1, 0.15) is 0 Å². The van der Waals surface area contributed by atoms with E-state index in [0.717, 1.165) is 21.5 Å². The Kier molecular flexibility index (Phi) is 3.11. The van der Waals surface area contributed by atoms with Crippen molar-refractivity contribution in [3.8, 4) is 11.3 Å². The first-order valence-electron chi connectivity index (χ1n) is 6.25. The molecule has 0 bridgehead atoms. The molecule has 19 heavy (non-hydrogen) atoms. The summed E-state index contributed by atoms with van der Waals surface area (Å²) in [6.45, 7) is 4.35. The second kappa shape index (κ2) is 4.78. The summed E-state index contributed by atoms with van der Waals surface area (Å²) in [5, 5.41) is 0. The highest BCUT2D eigenvalue weighted by atomic mass is 79.9. The van der Waals surface area contributed by atoms with E-state index in [1.807, 2.05) is 24.4 Å². The zero-order valence-electron chi connectivity index (χ0n) is 10.8. The minimum absolute atomic E-state index is 0.376. The number of halogens is 1. The number of benzene rings is 1. The van der Waals surface area contributed by atoms with Gasteiger partial charge in [0.25, 0.3) is 0 Å². The molecule has 0 saturated carbocycles. The minimum Gasteiger partial charge on any atom is -0.286 e. The summed E-state index contributed by atoms with van der Waals surface area (Å²) in [5.41, 5.74) is 3.34. The highest BCUT2D eigenvalue weighted by Crippen LogP contribution is 2.29. The summed E-state index contributed by atoms with van der Waals surface area (Å²) in [6, 6.07) is 10.3. The molecule has 1 aromatic carbocycles. The standard InChI is InChI=1S/C15H14BrN3/c1-10(2)14-13(11-6-4-3-5-7-11)18-15-17-8-12(16)9-19(14)15/h3-10H,1-2H3. The third-order valence-corrected chi connectivity index (χ3v) is 3.49. The number of aromatic nitrogens is 3. The molecule has 0 aliphatic rings. The fourth-order valence-corrected chi connectivity index (χ4v) is 2.59. The second-order valence-corrected chi connectivity index (χ2v) is 5.72. The number of nitrogens with zero attached hydrogens (tertiary/aromatic N) is 3. The summed E-state index contributed by atoms with van der Waals surface area (Å²) in [7, 11) is 0. The smallest absolute Gasteiger partial charge is 0.234 e. The molecule has 0 amide bonds. The first kappa shape index (κ1) is 12.4. The molecule has 0 saturated heterocycles. The van der Waals surface area contributed by atoms with Crippen molar-refractivity contribution in [2.24, 2.45) is 0 Å². The molecule has 4 heteroatoms. The average molecular weight is 316 g/mol. The van der Waals surface area contributed by atoms with Gasteiger partial charge in [0.15, 0.2) is 0 Å². The average Bonchev–Trinajstić information content (AvgIpc) is 2.78. The van der Waals surface area contributed by atoms with Gasteiger partial charge in [0, 0.05) is 18.0 Å². The van der Waals surface area contributed by atoms with Gasteiger partial charge in [-0.3, -0.25) is 4.40 Å². The van der Waals surface area contributed by atoms with Gasteiger partial charge < -0.3 is 0 Å². The van der Waals surface area contributed by atoms with E-state index < -0.39 is 0 Å². The molecule has 0 spiro atoms. The number of imidazole rings is 1. The van der Waals surface area contributed by atoms with E-state index in [0.29, 0.717) is 5.92 Å². The molecule has 3 aromatic rings. The van der Waals surface area contributed by atoms with Crippen LogP contribution in [0.15, 0.2) is 47.2 Å². The van der Waals surface area contributed by atoms with Crippen LogP contribution in [-0.2, 0) is 0 Å². The molecular weight excluding hydrogens is 302 g/mol. The van der Waals surface area contributed by atoms with Crippen molar-refractivity contribution in [1.29, 1.82) is 0 Å². The summed E-state index contributed by atoms with van der Waals surface area (Å²) >= 11 is 3.47. The topological polar surface area (TPSA) is 30.2 Å². The minimum atomic E-state index is 0.376. The van der Waals surface area contributed by atoms with E-state index in [4.69, 9.17) is 0 Å². The van der Waals surface area contributed by atoms with Crippen molar-refractivity contribution in [3.63, 3.8) is 0 Å². The Hall–Kier alpha value is -1.68. The summed E-state index contributed by atoms with van der Waals surface area (Å²) in [5.74, 6) is 1.12. The lowest BCUT2D eigenvalue weighted by molar-refractivity contribution is 0.806. The van der Waals surface area contributed by atoms with E-state index in [-0.39, 0.29) is 0 Å². The van der Waals surface area contributed by atoms with Crippen molar-refractivity contribution in [2.45, 2.75) is 19.8 Å². The molecule has 96 valence electrons. The Balaban J connectivity index is 2.33. The van der Waals surface area contributed by atoms with Crippen LogP contribution >= 0.6 is 15.9 Å². The number of fused-ring (bicyclic) bond motifs is 1. The lowest BCUT2D eigenvalue weighted by atomic mass is 10.0. The Bertz CT molecular complexity index is 717. The number of hydrogen-bond acceptors (Lipinski definition) is 2. The zero-order chi connectivity index (χ0) is 13.4. The maximum absolute atomic E-state index is 4.68. The van der Waals surface area contributed by atoms with Crippen molar-refractivity contribution in [3.05, 3.63) is 52.9 Å². The van der Waals surface area contributed by atoms with E-state index >= 15 is 0 Å². The van der Waals surface area contributed by atoms with Gasteiger partial charge in [-0.25, -0.2) is 9.97 Å². The monoisotopic (exact) mass is 315 g/mol. The molecule has 2 heterocycles. The van der Waals surface area contributed by atoms with Crippen molar-refractivity contribution in [2.75, 3.05) is 0 Å². The molecule has 2 aromatic heterocycles. The normalized spacial score (nSPS) is 11.4. The van der Waals surface area contributed by atoms with Crippen LogP contribution < -0.4 is 0 Å². The summed E-state index contributed by atoms with van der Waals surface area (Å²) < 4.78 is 3.02. The van der Waals surface area contributed by atoms with Gasteiger partial charge in [-0.1, -0.05) is 44.2 Å². The number of rotatable bonds is 2. The van der Waals surface area contributed by atoms with Crippen LogP contribution in [0.1, 0.15) is 25.5 Å². The van der Waals surface area contributed by atoms with Crippen molar-refractivity contribution >= 4 is 21.7 Å². The Labute approximate surface area is 120 Å². The van der Waals surface area contributed by atoms with Crippen LogP contribution in [0.3, 0.4) is 0 Å². The first-order chi connectivity index (χ1) is 9.16. The van der Waals surface area contributed by atoms with Crippen LogP contribution in [0.25, 0.3) is 17.0 Å². The molecule has 3 nitrogen and oxygen atoms in total. The quantitative estimate of drug-likeness (QED) is 0.706. The van der Waals surface area contributed by atoms with Crippen molar-refractivity contribution in [1.82, 2.24) is 14.4 Å². The fraction of sp³-hybridized carbons (Fsp3) is 0.200. The van der Waals surface area contributed by atoms with Gasteiger partial charge >= 0.3 is 0 Å². The molecule has 0 fully saturated rings. The highest BCUT2D eigenvalue weighted by molar-refractivity contribution is 9.10. The molecular formula is C15H14BrN3.